The normalized spacial score (nSPS) is 32.7. The van der Waals surface area contributed by atoms with Gasteiger partial charge >= 0.3 is 0 Å². The van der Waals surface area contributed by atoms with Crippen LogP contribution in [0.1, 0.15) is 88.7 Å². The Bertz CT molecular complexity index is 1880. The van der Waals surface area contributed by atoms with Crippen molar-refractivity contribution < 1.29 is 27.1 Å². The average molecular weight is 799 g/mol. The van der Waals surface area contributed by atoms with E-state index in [1.807, 2.05) is 13.0 Å². The van der Waals surface area contributed by atoms with Crippen LogP contribution in [0.3, 0.4) is 0 Å². The molecule has 0 unspecified atom stereocenters. The van der Waals surface area contributed by atoms with E-state index in [1.165, 1.54) is 0 Å². The molecule has 0 aromatic heterocycles. The highest BCUT2D eigenvalue weighted by Gasteiger charge is 2.46. The molecule has 2 aromatic carbocycles. The molecule has 7 atom stereocenters. The van der Waals surface area contributed by atoms with E-state index in [0.29, 0.717) is 56.0 Å². The van der Waals surface area contributed by atoms with E-state index in [2.05, 4.69) is 53.2 Å². The predicted octanol–water partition coefficient (Wildman–Crippen LogP) is 7.07. The average Bonchev–Trinajstić information content (AvgIpc) is 3.30. The Morgan fingerprint density at radius 2 is 1.85 bits per heavy atom. The maximum atomic E-state index is 15.6. The minimum absolute atomic E-state index is 0.0721. The monoisotopic (exact) mass is 798 g/mol. The second-order valence-electron chi connectivity index (χ2n) is 17.4. The van der Waals surface area contributed by atoms with Crippen LogP contribution in [0.15, 0.2) is 42.0 Å². The lowest BCUT2D eigenvalue weighted by Gasteiger charge is -2.47. The van der Waals surface area contributed by atoms with Crippen LogP contribution < -0.4 is 14.4 Å². The molecule has 1 spiro atoms. The standard InChI is InChI=1S/C43H60ClFN4O5S/c1-27(2)48-18-16-47(17-19-48)20-21-53-41-29(4)22-28(3)30(5)31(6)55(51,52)46-42(50)32-10-14-39-38(23-32)49(24-33-9-11-34(33)41)25-43(26-54-39)15-7-8-35-36(43)12-13-37(44)40(35)45/h10,12-14,22-23,27-28,30-31,33-34,41H,7-9,11,15-21,24-26H2,1-6H3,(H,46,50)/b29-22+/t28-,30+,31-,33+,34-,41+,43+/m1/s1. The van der Waals surface area contributed by atoms with E-state index >= 15 is 4.39 Å². The number of carbonyl (C=O) groups is 1. The number of ether oxygens (including phenoxy) is 2. The van der Waals surface area contributed by atoms with Gasteiger partial charge in [0.2, 0.25) is 10.0 Å². The Labute approximate surface area is 333 Å². The zero-order valence-corrected chi connectivity index (χ0v) is 35.0. The number of piperazine rings is 1. The fourth-order valence-corrected chi connectivity index (χ4v) is 11.4. The smallest absolute Gasteiger partial charge is 0.264 e. The van der Waals surface area contributed by atoms with Crippen LogP contribution in [0, 0.1) is 29.5 Å². The first-order valence-electron chi connectivity index (χ1n) is 20.5. The number of benzene rings is 2. The highest BCUT2D eigenvalue weighted by atomic mass is 35.5. The molecule has 55 heavy (non-hydrogen) atoms. The molecule has 7 rings (SSSR count). The number of nitrogens with zero attached hydrogens (tertiary/aromatic N) is 3. The van der Waals surface area contributed by atoms with Crippen molar-refractivity contribution in [1.82, 2.24) is 14.5 Å². The van der Waals surface area contributed by atoms with Gasteiger partial charge in [0.25, 0.3) is 5.91 Å². The molecule has 1 saturated heterocycles. The summed E-state index contributed by atoms with van der Waals surface area (Å²) in [5, 5.41) is -0.684. The van der Waals surface area contributed by atoms with Crippen LogP contribution in [-0.2, 0) is 26.6 Å². The summed E-state index contributed by atoms with van der Waals surface area (Å²) in [7, 11) is -4.01. The Hall–Kier alpha value is -2.70. The summed E-state index contributed by atoms with van der Waals surface area (Å²) in [5.74, 6) is -0.150. The Balaban J connectivity index is 1.24. The lowest BCUT2D eigenvalue weighted by molar-refractivity contribution is -0.0309. The van der Waals surface area contributed by atoms with E-state index in [0.717, 1.165) is 75.2 Å². The Morgan fingerprint density at radius 1 is 1.09 bits per heavy atom. The molecule has 9 nitrogen and oxygen atoms in total. The maximum absolute atomic E-state index is 15.6. The first-order chi connectivity index (χ1) is 26.2. The van der Waals surface area contributed by atoms with Gasteiger partial charge in [0.15, 0.2) is 0 Å². The predicted molar refractivity (Wildman–Crippen MR) is 217 cm³/mol. The van der Waals surface area contributed by atoms with Crippen molar-refractivity contribution in [2.24, 2.45) is 23.7 Å². The molecule has 3 aliphatic heterocycles. The number of anilines is 1. The van der Waals surface area contributed by atoms with Crippen LogP contribution in [0.5, 0.6) is 5.75 Å². The molecule has 12 heteroatoms. The van der Waals surface area contributed by atoms with E-state index in [-0.39, 0.29) is 40.3 Å². The number of halogens is 2. The van der Waals surface area contributed by atoms with Gasteiger partial charge in [-0.3, -0.25) is 14.6 Å². The SMILES string of the molecule is C/C1=C\[C@@H](C)[C@H](C)[C@@H](C)S(=O)(=O)NC(=O)c2ccc3c(c2)N(C[C@@H]2CC[C@H]2[C@H]1OCCN1CCN(C(C)C)CC1)C[C@@]1(CCCc2c1ccc(Cl)c2F)CO3. The first-order valence-corrected chi connectivity index (χ1v) is 22.4. The zero-order valence-electron chi connectivity index (χ0n) is 33.5. The number of amides is 1. The van der Waals surface area contributed by atoms with Crippen molar-refractivity contribution in [3.05, 3.63) is 69.5 Å². The number of nitrogens with one attached hydrogen (secondary N) is 1. The summed E-state index contributed by atoms with van der Waals surface area (Å²) >= 11 is 6.30. The van der Waals surface area contributed by atoms with Crippen LogP contribution in [0.25, 0.3) is 0 Å². The van der Waals surface area contributed by atoms with Crippen LogP contribution >= 0.6 is 11.6 Å². The quantitative estimate of drug-likeness (QED) is 0.322. The largest absolute Gasteiger partial charge is 0.490 e. The van der Waals surface area contributed by atoms with Gasteiger partial charge in [0.1, 0.15) is 11.6 Å². The molecule has 302 valence electrons. The second kappa shape index (κ2) is 16.3. The number of fused-ring (bicyclic) bond motifs is 4. The Kier molecular flexibility index (Phi) is 12.0. The minimum atomic E-state index is -4.01. The molecule has 1 N–H and O–H groups in total. The molecule has 1 amide bonds. The van der Waals surface area contributed by atoms with Crippen molar-refractivity contribution in [2.45, 2.75) is 96.5 Å². The fraction of sp³-hybridized carbons (Fsp3) is 0.651. The van der Waals surface area contributed by atoms with Gasteiger partial charge in [-0.05, 0) is 124 Å². The number of hydrogen-bond acceptors (Lipinski definition) is 8. The molecule has 3 heterocycles. The third kappa shape index (κ3) is 8.20. The number of rotatable bonds is 5. The molecule has 1 saturated carbocycles. The van der Waals surface area contributed by atoms with Crippen molar-refractivity contribution in [2.75, 3.05) is 63.9 Å². The number of carbonyl (C=O) groups excluding carboxylic acids is 1. The third-order valence-corrected chi connectivity index (χ3v) is 16.0. The van der Waals surface area contributed by atoms with Gasteiger partial charge < -0.3 is 14.4 Å². The molecule has 2 bridgehead atoms. The van der Waals surface area contributed by atoms with Crippen LogP contribution in [-0.4, -0.2) is 101 Å². The number of allylic oxidation sites excluding steroid dienone is 1. The highest BCUT2D eigenvalue weighted by molar-refractivity contribution is 7.90. The van der Waals surface area contributed by atoms with Gasteiger partial charge in [-0.2, -0.15) is 0 Å². The topological polar surface area (TPSA) is 91.4 Å². The van der Waals surface area contributed by atoms with Crippen molar-refractivity contribution in [3.8, 4) is 5.75 Å². The lowest BCUT2D eigenvalue weighted by Crippen LogP contribution is -2.51. The number of hydrogen-bond donors (Lipinski definition) is 1. The second-order valence-corrected chi connectivity index (χ2v) is 19.9. The van der Waals surface area contributed by atoms with E-state index in [4.69, 9.17) is 21.1 Å². The summed E-state index contributed by atoms with van der Waals surface area (Å²) in [6, 6.07) is 9.37. The summed E-state index contributed by atoms with van der Waals surface area (Å²) < 4.78 is 58.9. The first kappa shape index (κ1) is 40.5. The number of sulfonamides is 1. The minimum Gasteiger partial charge on any atom is -0.490 e. The van der Waals surface area contributed by atoms with Gasteiger partial charge in [-0.1, -0.05) is 37.6 Å². The molecule has 2 fully saturated rings. The van der Waals surface area contributed by atoms with Crippen molar-refractivity contribution >= 4 is 33.2 Å². The summed E-state index contributed by atoms with van der Waals surface area (Å²) in [4.78, 5) is 21.1. The van der Waals surface area contributed by atoms with Crippen molar-refractivity contribution in [3.63, 3.8) is 0 Å². The van der Waals surface area contributed by atoms with Gasteiger partial charge in [0.05, 0.1) is 35.3 Å². The molecular formula is C43H60ClFN4O5S. The van der Waals surface area contributed by atoms with Crippen molar-refractivity contribution in [1.29, 1.82) is 0 Å². The van der Waals surface area contributed by atoms with Crippen LogP contribution in [0.4, 0.5) is 10.1 Å². The molecular weight excluding hydrogens is 739 g/mol. The van der Waals surface area contributed by atoms with Crippen LogP contribution in [0.2, 0.25) is 5.02 Å². The molecule has 0 radical (unpaired) electrons. The van der Waals surface area contributed by atoms with Gasteiger partial charge in [-0.15, -0.1) is 0 Å². The van der Waals surface area contributed by atoms with Gasteiger partial charge in [0, 0.05) is 62.8 Å². The van der Waals surface area contributed by atoms with Gasteiger partial charge in [-0.25, -0.2) is 17.5 Å². The summed E-state index contributed by atoms with van der Waals surface area (Å²) in [6.07, 6.45) is 6.40. The maximum Gasteiger partial charge on any atom is 0.264 e. The Morgan fingerprint density at radius 3 is 2.56 bits per heavy atom. The summed E-state index contributed by atoms with van der Waals surface area (Å²) in [6.45, 7) is 19.7. The van der Waals surface area contributed by atoms with E-state index in [9.17, 15) is 13.2 Å². The summed E-state index contributed by atoms with van der Waals surface area (Å²) in [5.41, 5.74) is 3.22. The molecule has 5 aliphatic rings. The van der Waals surface area contributed by atoms with E-state index < -0.39 is 26.6 Å². The third-order valence-electron chi connectivity index (χ3n) is 13.8. The zero-order chi connectivity index (χ0) is 39.2. The lowest BCUT2D eigenvalue weighted by atomic mass is 9.67. The van der Waals surface area contributed by atoms with E-state index in [1.54, 1.807) is 31.2 Å². The highest BCUT2D eigenvalue weighted by Crippen LogP contribution is 2.48. The fourth-order valence-electron chi connectivity index (χ4n) is 9.85. The molecule has 2 aliphatic carbocycles. The molecule has 2 aromatic rings.